The first-order valence-corrected chi connectivity index (χ1v) is 10.1. The zero-order valence-electron chi connectivity index (χ0n) is 15.9. The molecule has 1 aliphatic carbocycles. The van der Waals surface area contributed by atoms with Crippen LogP contribution in [0.5, 0.6) is 0 Å². The van der Waals surface area contributed by atoms with Gasteiger partial charge in [0.2, 0.25) is 0 Å². The number of hydrogen-bond acceptors (Lipinski definition) is 6. The van der Waals surface area contributed by atoms with Crippen molar-refractivity contribution >= 4 is 16.6 Å². The molecule has 0 atom stereocenters. The molecule has 0 amide bonds. The average molecular weight is 377 g/mol. The molecule has 1 saturated carbocycles. The molecule has 28 heavy (non-hydrogen) atoms. The molecular formula is C22H27N5O. The molecule has 1 saturated heterocycles. The Kier molecular flexibility index (Phi) is 4.89. The van der Waals surface area contributed by atoms with Gasteiger partial charge in [-0.15, -0.1) is 0 Å². The minimum Gasteiger partial charge on any atom is -0.379 e. The van der Waals surface area contributed by atoms with Crippen molar-refractivity contribution < 1.29 is 6.16 Å². The van der Waals surface area contributed by atoms with Gasteiger partial charge in [0.05, 0.1) is 25.1 Å². The van der Waals surface area contributed by atoms with Crippen molar-refractivity contribution in [3.63, 3.8) is 0 Å². The van der Waals surface area contributed by atoms with E-state index in [4.69, 9.17) is 4.74 Å². The monoisotopic (exact) mass is 377 g/mol. The second-order valence-electron chi connectivity index (χ2n) is 7.74. The van der Waals surface area contributed by atoms with Crippen LogP contribution in [0.2, 0.25) is 0 Å². The quantitative estimate of drug-likeness (QED) is 0.735. The van der Waals surface area contributed by atoms with Gasteiger partial charge in [0.15, 0.2) is 0 Å². The number of benzene rings is 1. The summed E-state index contributed by atoms with van der Waals surface area (Å²) >= 11 is 0. The first kappa shape index (κ1) is 17.5. The Hall–Kier alpha value is -2.57. The predicted molar refractivity (Wildman–Crippen MR) is 112 cm³/mol. The van der Waals surface area contributed by atoms with E-state index in [-0.39, 0.29) is 1.43 Å². The lowest BCUT2D eigenvalue weighted by Gasteiger charge is -2.44. The summed E-state index contributed by atoms with van der Waals surface area (Å²) in [5.41, 5.74) is 1.96. The van der Waals surface area contributed by atoms with Crippen LogP contribution in [0.3, 0.4) is 0 Å². The zero-order valence-corrected chi connectivity index (χ0v) is 15.9. The summed E-state index contributed by atoms with van der Waals surface area (Å²) in [6, 6.07) is 9.20. The Balaban J connectivity index is 0.00000205. The Bertz CT molecular complexity index is 942. The molecule has 3 heterocycles. The van der Waals surface area contributed by atoms with Gasteiger partial charge in [-0.3, -0.25) is 14.9 Å². The highest BCUT2D eigenvalue weighted by molar-refractivity contribution is 5.87. The molecule has 5 rings (SSSR count). The minimum atomic E-state index is 0. The summed E-state index contributed by atoms with van der Waals surface area (Å²) in [6.45, 7) is 4.94. The van der Waals surface area contributed by atoms with Crippen molar-refractivity contribution in [3.05, 3.63) is 49.1 Å². The fourth-order valence-corrected chi connectivity index (χ4v) is 4.20. The van der Waals surface area contributed by atoms with Crippen LogP contribution in [-0.4, -0.2) is 58.7 Å². The van der Waals surface area contributed by atoms with Crippen molar-refractivity contribution in [2.45, 2.75) is 18.9 Å². The van der Waals surface area contributed by atoms with Gasteiger partial charge in [-0.05, 0) is 36.3 Å². The maximum Gasteiger partial charge on any atom is 0.126 e. The van der Waals surface area contributed by atoms with Gasteiger partial charge in [0.1, 0.15) is 5.82 Å². The SMILES string of the molecule is [HH].c1cnc(-c2ccc3cnc(NCC4CC(N5CCOCC5)C4)cc3c2)cn1. The van der Waals surface area contributed by atoms with E-state index in [0.717, 1.165) is 67.3 Å². The summed E-state index contributed by atoms with van der Waals surface area (Å²) in [7, 11) is 0. The molecule has 0 radical (unpaired) electrons. The van der Waals surface area contributed by atoms with E-state index in [1.807, 2.05) is 6.20 Å². The molecule has 6 nitrogen and oxygen atoms in total. The third-order valence-corrected chi connectivity index (χ3v) is 5.93. The highest BCUT2D eigenvalue weighted by Gasteiger charge is 2.33. The summed E-state index contributed by atoms with van der Waals surface area (Å²) in [5.74, 6) is 1.68. The van der Waals surface area contributed by atoms with E-state index in [2.05, 4.69) is 49.4 Å². The number of aromatic nitrogens is 3. The number of hydrogen-bond donors (Lipinski definition) is 1. The normalized spacial score (nSPS) is 22.7. The molecule has 3 aromatic rings. The van der Waals surface area contributed by atoms with Gasteiger partial charge >= 0.3 is 0 Å². The van der Waals surface area contributed by atoms with Crippen molar-refractivity contribution in [3.8, 4) is 11.3 Å². The molecule has 2 aliphatic rings. The van der Waals surface area contributed by atoms with E-state index >= 15 is 0 Å². The molecule has 0 spiro atoms. The van der Waals surface area contributed by atoms with E-state index in [1.165, 1.54) is 18.2 Å². The lowest BCUT2D eigenvalue weighted by atomic mass is 9.79. The third kappa shape index (κ3) is 3.70. The Morgan fingerprint density at radius 2 is 1.93 bits per heavy atom. The predicted octanol–water partition coefficient (Wildman–Crippen LogP) is 3.46. The summed E-state index contributed by atoms with van der Waals surface area (Å²) in [4.78, 5) is 15.7. The molecule has 146 valence electrons. The standard InChI is InChI=1S/C22H25N5O.H2/c1-2-18-14-26-22(12-19(18)11-17(1)21-15-23-3-4-24-21)25-13-16-9-20(10-16)27-5-7-28-8-6-27;/h1-4,11-12,14-16,20H,5-10,13H2,(H,25,26);1H. The number of anilines is 1. The highest BCUT2D eigenvalue weighted by atomic mass is 16.5. The van der Waals surface area contributed by atoms with Crippen LogP contribution in [0.4, 0.5) is 5.82 Å². The third-order valence-electron chi connectivity index (χ3n) is 5.93. The van der Waals surface area contributed by atoms with Crippen molar-refractivity contribution in [2.24, 2.45) is 5.92 Å². The van der Waals surface area contributed by atoms with E-state index in [9.17, 15) is 0 Å². The molecule has 2 fully saturated rings. The number of nitrogens with one attached hydrogen (secondary N) is 1. The Labute approximate surface area is 166 Å². The van der Waals surface area contributed by atoms with Crippen LogP contribution in [0.25, 0.3) is 22.0 Å². The van der Waals surface area contributed by atoms with Crippen LogP contribution in [-0.2, 0) is 4.74 Å². The average Bonchev–Trinajstić information content (AvgIpc) is 2.73. The molecule has 0 bridgehead atoms. The zero-order chi connectivity index (χ0) is 18.8. The van der Waals surface area contributed by atoms with Crippen LogP contribution < -0.4 is 5.32 Å². The Morgan fingerprint density at radius 1 is 1.04 bits per heavy atom. The van der Waals surface area contributed by atoms with Gasteiger partial charge in [-0.1, -0.05) is 12.1 Å². The lowest BCUT2D eigenvalue weighted by molar-refractivity contribution is -0.0151. The molecule has 1 aromatic carbocycles. The van der Waals surface area contributed by atoms with Crippen LogP contribution >= 0.6 is 0 Å². The largest absolute Gasteiger partial charge is 0.379 e. The fourth-order valence-electron chi connectivity index (χ4n) is 4.20. The van der Waals surface area contributed by atoms with Gasteiger partial charge in [-0.2, -0.15) is 0 Å². The van der Waals surface area contributed by atoms with Gasteiger partial charge < -0.3 is 10.1 Å². The number of morpholine rings is 1. The van der Waals surface area contributed by atoms with Crippen LogP contribution in [0.15, 0.2) is 49.1 Å². The Morgan fingerprint density at radius 3 is 2.75 bits per heavy atom. The minimum absolute atomic E-state index is 0. The van der Waals surface area contributed by atoms with Crippen molar-refractivity contribution in [1.29, 1.82) is 0 Å². The van der Waals surface area contributed by atoms with Crippen LogP contribution in [0, 0.1) is 5.92 Å². The number of pyridine rings is 1. The van der Waals surface area contributed by atoms with E-state index in [0.29, 0.717) is 0 Å². The van der Waals surface area contributed by atoms with Gasteiger partial charge in [0, 0.05) is 56.6 Å². The number of nitrogens with zero attached hydrogens (tertiary/aromatic N) is 4. The van der Waals surface area contributed by atoms with Crippen molar-refractivity contribution in [2.75, 3.05) is 38.2 Å². The number of rotatable bonds is 5. The second-order valence-corrected chi connectivity index (χ2v) is 7.74. The first-order valence-electron chi connectivity index (χ1n) is 10.1. The highest BCUT2D eigenvalue weighted by Crippen LogP contribution is 2.32. The summed E-state index contributed by atoms with van der Waals surface area (Å²) < 4.78 is 5.45. The number of ether oxygens (including phenoxy) is 1. The molecule has 2 aromatic heterocycles. The molecule has 1 N–H and O–H groups in total. The fraction of sp³-hybridized carbons (Fsp3) is 0.409. The smallest absolute Gasteiger partial charge is 0.126 e. The van der Waals surface area contributed by atoms with E-state index in [1.54, 1.807) is 18.6 Å². The number of fused-ring (bicyclic) bond motifs is 1. The van der Waals surface area contributed by atoms with Crippen LogP contribution in [0.1, 0.15) is 14.3 Å². The molecule has 0 unspecified atom stereocenters. The van der Waals surface area contributed by atoms with E-state index < -0.39 is 0 Å². The van der Waals surface area contributed by atoms with Gasteiger partial charge in [0.25, 0.3) is 0 Å². The maximum atomic E-state index is 5.45. The molecule has 6 heteroatoms. The molecule has 1 aliphatic heterocycles. The summed E-state index contributed by atoms with van der Waals surface area (Å²) in [5, 5.41) is 5.84. The second kappa shape index (κ2) is 7.81. The topological polar surface area (TPSA) is 63.2 Å². The van der Waals surface area contributed by atoms with Gasteiger partial charge in [-0.25, -0.2) is 4.98 Å². The van der Waals surface area contributed by atoms with Crippen molar-refractivity contribution in [1.82, 2.24) is 19.9 Å². The first-order chi connectivity index (χ1) is 13.8. The maximum absolute atomic E-state index is 5.45. The molecular weight excluding hydrogens is 350 g/mol. The lowest BCUT2D eigenvalue weighted by Crippen LogP contribution is -2.50. The summed E-state index contributed by atoms with van der Waals surface area (Å²) in [6.07, 6.45) is 9.70.